The van der Waals surface area contributed by atoms with Gasteiger partial charge in [-0.15, -0.1) is 0 Å². The largest absolute Gasteiger partial charge is 0.319 e. The number of hydrogen-bond acceptors (Lipinski definition) is 2. The molecule has 1 aromatic carbocycles. The van der Waals surface area contributed by atoms with E-state index in [9.17, 15) is 0 Å². The number of aryl methyl sites for hydroxylation is 1. The molecular weight excluding hydrogens is 223 g/mol. The summed E-state index contributed by atoms with van der Waals surface area (Å²) in [5.41, 5.74) is 2.58. The van der Waals surface area contributed by atoms with E-state index in [1.807, 2.05) is 10.4 Å². The Labute approximate surface area is 94.1 Å². The van der Waals surface area contributed by atoms with Crippen LogP contribution in [0.5, 0.6) is 0 Å². The monoisotopic (exact) mass is 241 g/mol. The zero-order valence-corrected chi connectivity index (χ0v) is 9.74. The molecule has 0 spiro atoms. The first-order valence-corrected chi connectivity index (χ1v) is 4.73. The van der Waals surface area contributed by atoms with E-state index in [-0.39, 0.29) is 14.1 Å². The van der Waals surface area contributed by atoms with E-state index in [1.54, 1.807) is 0 Å². The van der Waals surface area contributed by atoms with E-state index < -0.39 is 0 Å². The van der Waals surface area contributed by atoms with Gasteiger partial charge in [0.2, 0.25) is 0 Å². The van der Waals surface area contributed by atoms with E-state index in [0.717, 1.165) is 13.0 Å². The van der Waals surface area contributed by atoms with Crippen LogP contribution < -0.4 is 4.31 Å². The third-order valence-electron chi connectivity index (χ3n) is 1.95. The Morgan fingerprint density at radius 2 is 1.60 bits per heavy atom. The highest BCUT2D eigenvalue weighted by molar-refractivity contribution is 7.81. The fraction of sp³-hybridized carbons (Fsp3) is 0.400. The second-order valence-electron chi connectivity index (χ2n) is 2.70. The molecule has 0 aromatic heterocycles. The molecule has 0 heterocycles. The second kappa shape index (κ2) is 9.71. The predicted octanol–water partition coefficient (Wildman–Crippen LogP) is 3.38. The Bertz CT molecular complexity index is 258. The first-order valence-electron chi connectivity index (χ1n) is 4.33. The summed E-state index contributed by atoms with van der Waals surface area (Å²) in [6.07, 6.45) is 1.06. The van der Waals surface area contributed by atoms with Crippen molar-refractivity contribution < 1.29 is 14.1 Å². The standard InChI is InChI=1S/C10H15NS.3FH/c1-3-9-7-5-6-8-10(9)11(12)4-2;;;/h5-8,12H,3-4H2,1-2H3;3*1H. The van der Waals surface area contributed by atoms with Gasteiger partial charge in [-0.25, -0.2) is 0 Å². The summed E-state index contributed by atoms with van der Waals surface area (Å²) in [6, 6.07) is 8.37. The number of benzene rings is 1. The van der Waals surface area contributed by atoms with Crippen LogP contribution in [0.25, 0.3) is 0 Å². The Balaban J connectivity index is -0.000000480. The quantitative estimate of drug-likeness (QED) is 0.794. The highest BCUT2D eigenvalue weighted by Crippen LogP contribution is 2.21. The molecule has 0 unspecified atom stereocenters. The van der Waals surface area contributed by atoms with E-state index >= 15 is 0 Å². The number of para-hydroxylation sites is 1. The van der Waals surface area contributed by atoms with Gasteiger partial charge in [-0.05, 0) is 25.0 Å². The lowest BCUT2D eigenvalue weighted by molar-refractivity contribution is 1.07. The Hall–Kier alpha value is -0.840. The maximum absolute atomic E-state index is 4.38. The molecule has 0 saturated carbocycles. The summed E-state index contributed by atoms with van der Waals surface area (Å²) < 4.78 is 1.97. The molecule has 0 bridgehead atoms. The average molecular weight is 241 g/mol. The van der Waals surface area contributed by atoms with Crippen LogP contribution in [0.1, 0.15) is 19.4 Å². The third-order valence-corrected chi connectivity index (χ3v) is 2.45. The fourth-order valence-corrected chi connectivity index (χ4v) is 1.43. The molecule has 0 radical (unpaired) electrons. The number of nitrogens with zero attached hydrogens (tertiary/aromatic N) is 1. The van der Waals surface area contributed by atoms with Crippen LogP contribution in [0.2, 0.25) is 0 Å². The third kappa shape index (κ3) is 4.97. The van der Waals surface area contributed by atoms with Crippen molar-refractivity contribution in [2.24, 2.45) is 0 Å². The molecule has 0 saturated heterocycles. The van der Waals surface area contributed by atoms with Gasteiger partial charge in [0.05, 0.1) is 0 Å². The maximum Gasteiger partial charge on any atom is 0.0499 e. The number of hydrogen-bond donors (Lipinski definition) is 1. The molecule has 0 aliphatic carbocycles. The summed E-state index contributed by atoms with van der Waals surface area (Å²) in [4.78, 5) is 0. The van der Waals surface area contributed by atoms with Gasteiger partial charge in [0.25, 0.3) is 0 Å². The molecule has 1 rings (SSSR count). The van der Waals surface area contributed by atoms with Crippen LogP contribution in [-0.4, -0.2) is 6.54 Å². The first-order chi connectivity index (χ1) is 5.79. The van der Waals surface area contributed by atoms with Crippen LogP contribution >= 0.6 is 12.8 Å². The summed E-state index contributed by atoms with van der Waals surface area (Å²) in [5.74, 6) is 0. The van der Waals surface area contributed by atoms with E-state index in [1.165, 1.54) is 11.3 Å². The zero-order chi connectivity index (χ0) is 8.97. The molecule has 5 heteroatoms. The van der Waals surface area contributed by atoms with Gasteiger partial charge in [-0.2, -0.15) is 0 Å². The van der Waals surface area contributed by atoms with Gasteiger partial charge in [0.15, 0.2) is 0 Å². The van der Waals surface area contributed by atoms with Crippen LogP contribution in [0.15, 0.2) is 24.3 Å². The highest BCUT2D eigenvalue weighted by Gasteiger charge is 2.02. The highest BCUT2D eigenvalue weighted by atomic mass is 32.1. The topological polar surface area (TPSA) is 3.24 Å². The van der Waals surface area contributed by atoms with Gasteiger partial charge in [0, 0.05) is 12.2 Å². The van der Waals surface area contributed by atoms with Crippen molar-refractivity contribution in [3.63, 3.8) is 0 Å². The lowest BCUT2D eigenvalue weighted by atomic mass is 10.1. The second-order valence-corrected chi connectivity index (χ2v) is 3.18. The van der Waals surface area contributed by atoms with Crippen LogP contribution in [0.4, 0.5) is 19.8 Å². The Morgan fingerprint density at radius 3 is 2.07 bits per heavy atom. The predicted molar refractivity (Wildman–Crippen MR) is 65.3 cm³/mol. The average Bonchev–Trinajstić information content (AvgIpc) is 2.16. The van der Waals surface area contributed by atoms with Crippen LogP contribution in [0.3, 0.4) is 0 Å². The maximum atomic E-state index is 4.38. The molecule has 1 aromatic rings. The molecule has 0 amide bonds. The smallest absolute Gasteiger partial charge is 0.0499 e. The van der Waals surface area contributed by atoms with E-state index in [4.69, 9.17) is 0 Å². The van der Waals surface area contributed by atoms with Crippen molar-refractivity contribution >= 4 is 18.5 Å². The fourth-order valence-electron chi connectivity index (χ4n) is 1.23. The van der Waals surface area contributed by atoms with Gasteiger partial charge in [0.1, 0.15) is 0 Å². The summed E-state index contributed by atoms with van der Waals surface area (Å²) >= 11 is 4.38. The normalized spacial score (nSPS) is 7.93. The number of thiol groups is 1. The molecular formula is C10H18F3NS. The number of halogens is 3. The SMILES string of the molecule is CCc1ccccc1N(S)CC.F.F.F. The van der Waals surface area contributed by atoms with Crippen LogP contribution in [-0.2, 0) is 6.42 Å². The Kier molecular flexibility index (Phi) is 12.7. The molecule has 0 aliphatic rings. The van der Waals surface area contributed by atoms with Crippen molar-refractivity contribution in [1.29, 1.82) is 0 Å². The van der Waals surface area contributed by atoms with Crippen molar-refractivity contribution in [3.8, 4) is 0 Å². The minimum atomic E-state index is 0. The molecule has 15 heavy (non-hydrogen) atoms. The summed E-state index contributed by atoms with van der Waals surface area (Å²) in [5, 5.41) is 0. The number of rotatable bonds is 3. The van der Waals surface area contributed by atoms with Crippen LogP contribution in [0, 0.1) is 0 Å². The van der Waals surface area contributed by atoms with Crippen molar-refractivity contribution in [1.82, 2.24) is 0 Å². The minimum absolute atomic E-state index is 0. The molecule has 90 valence electrons. The summed E-state index contributed by atoms with van der Waals surface area (Å²) in [7, 11) is 0. The number of anilines is 1. The van der Waals surface area contributed by atoms with Gasteiger partial charge >= 0.3 is 0 Å². The lowest BCUT2D eigenvalue weighted by Gasteiger charge is -2.18. The van der Waals surface area contributed by atoms with Crippen molar-refractivity contribution in [2.75, 3.05) is 10.8 Å². The van der Waals surface area contributed by atoms with E-state index in [2.05, 4.69) is 44.9 Å². The summed E-state index contributed by atoms with van der Waals surface area (Å²) in [6.45, 7) is 5.19. The van der Waals surface area contributed by atoms with Crippen molar-refractivity contribution in [2.45, 2.75) is 20.3 Å². The zero-order valence-electron chi connectivity index (χ0n) is 8.84. The van der Waals surface area contributed by atoms with Gasteiger partial charge in [-0.1, -0.05) is 37.9 Å². The molecule has 0 fully saturated rings. The van der Waals surface area contributed by atoms with E-state index in [0.29, 0.717) is 0 Å². The first kappa shape index (κ1) is 19.7. The minimum Gasteiger partial charge on any atom is -0.319 e. The Morgan fingerprint density at radius 1 is 1.07 bits per heavy atom. The molecule has 0 aliphatic heterocycles. The van der Waals surface area contributed by atoms with Gasteiger partial charge in [-0.3, -0.25) is 14.1 Å². The van der Waals surface area contributed by atoms with Crippen molar-refractivity contribution in [3.05, 3.63) is 29.8 Å². The molecule has 0 N–H and O–H groups in total. The van der Waals surface area contributed by atoms with Gasteiger partial charge < -0.3 is 4.31 Å². The lowest BCUT2D eigenvalue weighted by Crippen LogP contribution is -2.10. The molecule has 1 nitrogen and oxygen atoms in total. The molecule has 0 atom stereocenters.